The Morgan fingerprint density at radius 3 is 0.793 bits per heavy atom. The average Bonchev–Trinajstić information content (AvgIpc) is 3.95. The first-order valence-electron chi connectivity index (χ1n) is 19.6. The Hall–Kier alpha value is -5.92. The van der Waals surface area contributed by atoms with E-state index in [4.69, 9.17) is 0 Å². The maximum absolute atomic E-state index is 2.33. The quantitative estimate of drug-likeness (QED) is 0.116. The smallest absolute Gasteiger partial charge is 0.144 e. The summed E-state index contributed by atoms with van der Waals surface area (Å²) < 4.78 is 0. The van der Waals surface area contributed by atoms with E-state index in [2.05, 4.69) is 244 Å². The molecular weight excluding hydrogens is 792 g/mol. The van der Waals surface area contributed by atoms with Gasteiger partial charge in [-0.1, -0.05) is 264 Å². The van der Waals surface area contributed by atoms with Gasteiger partial charge < -0.3 is 0 Å². The van der Waals surface area contributed by atoms with E-state index in [1.54, 1.807) is 0 Å². The Kier molecular flexibility index (Phi) is 13.5. The topological polar surface area (TPSA) is 0 Å². The number of hydrogen-bond acceptors (Lipinski definition) is 0. The molecule has 0 N–H and O–H groups in total. The molecule has 2 radical (unpaired) electrons. The van der Waals surface area contributed by atoms with Crippen LogP contribution in [-0.2, 0) is 26.2 Å². The summed E-state index contributed by atoms with van der Waals surface area (Å²) in [4.78, 5) is 0. The van der Waals surface area contributed by atoms with Gasteiger partial charge >= 0.3 is 26.2 Å². The molecule has 0 spiro atoms. The van der Waals surface area contributed by atoms with Crippen LogP contribution in [0.25, 0.3) is 88.3 Å². The minimum atomic E-state index is 0. The maximum atomic E-state index is 2.33. The molecule has 0 nitrogen and oxygen atoms in total. The first kappa shape index (κ1) is 40.3. The van der Waals surface area contributed by atoms with Gasteiger partial charge in [-0.05, 0) is 11.1 Å². The van der Waals surface area contributed by atoms with Gasteiger partial charge in [0, 0.05) is 9.52 Å². The van der Waals surface area contributed by atoms with Gasteiger partial charge in [0.15, 0.2) is 0 Å². The summed E-state index contributed by atoms with van der Waals surface area (Å²) in [5, 5.41) is 5.23. The Balaban J connectivity index is 0.000000163. The van der Waals surface area contributed by atoms with Gasteiger partial charge in [-0.15, -0.1) is 56.9 Å². The average molecular weight is 836 g/mol. The Labute approximate surface area is 365 Å². The van der Waals surface area contributed by atoms with E-state index >= 15 is 0 Å². The van der Waals surface area contributed by atoms with Gasteiger partial charge in [-0.25, -0.2) is 0 Å². The van der Waals surface area contributed by atoms with Crippen molar-refractivity contribution in [2.45, 2.75) is 13.1 Å². The molecule has 0 atom stereocenters. The molecule has 0 aliphatic rings. The summed E-state index contributed by atoms with van der Waals surface area (Å²) in [7, 11) is 1.08. The van der Waals surface area contributed by atoms with Crippen molar-refractivity contribution in [2.75, 3.05) is 0 Å². The zero-order valence-electron chi connectivity index (χ0n) is 32.9. The molecule has 0 aromatic heterocycles. The van der Waals surface area contributed by atoms with E-state index in [1.165, 1.54) is 88.3 Å². The molecule has 10 aromatic rings. The number of fused-ring (bicyclic) bond motifs is 2. The van der Waals surface area contributed by atoms with Crippen LogP contribution in [0.3, 0.4) is 0 Å². The van der Waals surface area contributed by atoms with Gasteiger partial charge in [0.1, 0.15) is 0 Å². The molecule has 0 heterocycles. The molecule has 0 amide bonds. The molecule has 0 saturated heterocycles. The van der Waals surface area contributed by atoms with Crippen molar-refractivity contribution < 1.29 is 26.2 Å². The largest absolute Gasteiger partial charge is 2.00 e. The van der Waals surface area contributed by atoms with Crippen molar-refractivity contribution >= 4 is 31.1 Å². The van der Waals surface area contributed by atoms with Crippen molar-refractivity contribution in [1.82, 2.24) is 0 Å². The van der Waals surface area contributed by atoms with E-state index in [9.17, 15) is 0 Å². The predicted octanol–water partition coefficient (Wildman–Crippen LogP) is 15.9. The molecule has 10 aromatic carbocycles. The normalized spacial score (nSPS) is 10.5. The standard InChI is InChI=1S/2C27H19.C2H6Si.Zr/c2*1-4-10-20(11-5-1)23-18-26-24(21-12-6-2-7-13-21)16-17-25(27(26)19-23)22-14-8-3-9-15-22;1-3-2;/h2*1-19H;1-2H3;/q2*-1;;+2. The fourth-order valence-corrected chi connectivity index (χ4v) is 7.67. The zero-order chi connectivity index (χ0) is 38.8. The van der Waals surface area contributed by atoms with E-state index in [0.717, 1.165) is 9.52 Å². The second kappa shape index (κ2) is 19.5. The SMILES string of the molecule is C[Si]C.[Zr+2].c1ccc(-c2cc3c(-c4ccccc4)ccc(-c4ccccc4)c3[cH-]2)cc1.c1ccc(-c2cc3c(-c4ccccc4)ccc(-c4ccccc4)c3[cH-]2)cc1. The summed E-state index contributed by atoms with van der Waals surface area (Å²) in [6.45, 7) is 4.31. The van der Waals surface area contributed by atoms with Crippen LogP contribution in [0.4, 0.5) is 0 Å². The number of hydrogen-bond donors (Lipinski definition) is 0. The van der Waals surface area contributed by atoms with Crippen molar-refractivity contribution in [3.8, 4) is 66.8 Å². The predicted molar refractivity (Wildman–Crippen MR) is 249 cm³/mol. The van der Waals surface area contributed by atoms with Gasteiger partial charge in [0.25, 0.3) is 0 Å². The molecule has 0 aliphatic carbocycles. The molecule has 276 valence electrons. The van der Waals surface area contributed by atoms with E-state index in [0.29, 0.717) is 0 Å². The minimum Gasteiger partial charge on any atom is -0.144 e. The minimum absolute atomic E-state index is 0. The van der Waals surface area contributed by atoms with Gasteiger partial charge in [0.2, 0.25) is 0 Å². The number of rotatable bonds is 6. The van der Waals surface area contributed by atoms with E-state index in [-0.39, 0.29) is 26.2 Å². The van der Waals surface area contributed by atoms with Crippen LogP contribution in [0.2, 0.25) is 13.1 Å². The summed E-state index contributed by atoms with van der Waals surface area (Å²) in [6.07, 6.45) is 0. The van der Waals surface area contributed by atoms with Crippen LogP contribution in [0, 0.1) is 0 Å². The molecule has 0 aliphatic heterocycles. The van der Waals surface area contributed by atoms with Crippen LogP contribution >= 0.6 is 0 Å². The first-order chi connectivity index (χ1) is 28.2. The van der Waals surface area contributed by atoms with Gasteiger partial charge in [-0.3, -0.25) is 0 Å². The first-order valence-corrected chi connectivity index (χ1v) is 21.6. The molecule has 0 unspecified atom stereocenters. The molecule has 2 heteroatoms. The number of benzene rings is 8. The monoisotopic (exact) mass is 834 g/mol. The van der Waals surface area contributed by atoms with Crippen LogP contribution < -0.4 is 0 Å². The Bertz CT molecular complexity index is 2440. The van der Waals surface area contributed by atoms with Crippen LogP contribution in [0.15, 0.2) is 231 Å². The van der Waals surface area contributed by atoms with Crippen molar-refractivity contribution in [3.05, 3.63) is 231 Å². The van der Waals surface area contributed by atoms with Crippen LogP contribution in [0.5, 0.6) is 0 Å². The summed E-state index contributed by atoms with van der Waals surface area (Å²) >= 11 is 0. The second-order valence-corrected chi connectivity index (χ2v) is 15.2. The molecule has 10 rings (SSSR count). The second-order valence-electron chi connectivity index (χ2n) is 14.2. The van der Waals surface area contributed by atoms with E-state index in [1.807, 2.05) is 0 Å². The Morgan fingerprint density at radius 1 is 0.293 bits per heavy atom. The maximum Gasteiger partial charge on any atom is 2.00 e. The summed E-state index contributed by atoms with van der Waals surface area (Å²) in [5.41, 5.74) is 15.2. The van der Waals surface area contributed by atoms with Crippen molar-refractivity contribution in [2.24, 2.45) is 0 Å². The molecule has 0 saturated carbocycles. The summed E-state index contributed by atoms with van der Waals surface area (Å²) in [5.74, 6) is 0. The molecule has 58 heavy (non-hydrogen) atoms. The van der Waals surface area contributed by atoms with Gasteiger partial charge in [-0.2, -0.15) is 0 Å². The van der Waals surface area contributed by atoms with Crippen molar-refractivity contribution in [1.29, 1.82) is 0 Å². The fraction of sp³-hybridized carbons (Fsp3) is 0.0357. The summed E-state index contributed by atoms with van der Waals surface area (Å²) in [6, 6.07) is 82.2. The van der Waals surface area contributed by atoms with Crippen LogP contribution in [-0.4, -0.2) is 9.52 Å². The molecule has 0 fully saturated rings. The fourth-order valence-electron chi connectivity index (χ4n) is 7.67. The zero-order valence-corrected chi connectivity index (χ0v) is 36.4. The van der Waals surface area contributed by atoms with E-state index < -0.39 is 0 Å². The van der Waals surface area contributed by atoms with Crippen LogP contribution in [0.1, 0.15) is 0 Å². The Morgan fingerprint density at radius 2 is 0.517 bits per heavy atom. The third-order valence-electron chi connectivity index (χ3n) is 10.3. The third-order valence-corrected chi connectivity index (χ3v) is 10.3. The molecular formula is C56H44SiZr. The third kappa shape index (κ3) is 8.95. The molecule has 0 bridgehead atoms. The van der Waals surface area contributed by atoms with Crippen molar-refractivity contribution in [3.63, 3.8) is 0 Å². The van der Waals surface area contributed by atoms with Gasteiger partial charge in [0.05, 0.1) is 0 Å².